The number of nitrogens with zero attached hydrogens (tertiary/aromatic N) is 2. The smallest absolute Gasteiger partial charge is 0.226 e. The van der Waals surface area contributed by atoms with E-state index in [9.17, 15) is 4.79 Å². The standard InChI is InChI=1S/C27H34IN3O/c1-2-15-31(27(32)22-10-7-14-29-19-22)16-6-5-8-20-12-13-24(28)23(17-20)26-18-21-9-3-4-11-25(21)30-26/h3-4,9,11-13,17,22,29H,2,5-8,10,14-16,18-19H2,1H3/t22-/m1/s1. The zero-order chi connectivity index (χ0) is 22.3. The summed E-state index contributed by atoms with van der Waals surface area (Å²) >= 11 is 2.43. The van der Waals surface area contributed by atoms with Crippen molar-refractivity contribution in [3.05, 3.63) is 62.7 Å². The minimum absolute atomic E-state index is 0.172. The molecule has 2 aromatic carbocycles. The monoisotopic (exact) mass is 543 g/mol. The molecule has 1 saturated heterocycles. The number of amides is 1. The number of nitrogens with one attached hydrogen (secondary N) is 1. The Hall–Kier alpha value is -1.73. The van der Waals surface area contributed by atoms with Gasteiger partial charge in [0.1, 0.15) is 0 Å². The van der Waals surface area contributed by atoms with Crippen molar-refractivity contribution in [1.29, 1.82) is 0 Å². The second kappa shape index (κ2) is 11.4. The van der Waals surface area contributed by atoms with Crippen LogP contribution in [0.1, 0.15) is 55.7 Å². The third-order valence-corrected chi connectivity index (χ3v) is 7.48. The maximum absolute atomic E-state index is 12.9. The van der Waals surface area contributed by atoms with Crippen LogP contribution in [0.3, 0.4) is 0 Å². The zero-order valence-electron chi connectivity index (χ0n) is 19.1. The molecule has 32 heavy (non-hydrogen) atoms. The van der Waals surface area contributed by atoms with E-state index < -0.39 is 0 Å². The highest BCUT2D eigenvalue weighted by Crippen LogP contribution is 2.30. The van der Waals surface area contributed by atoms with Gasteiger partial charge in [-0.05, 0) is 97.0 Å². The second-order valence-electron chi connectivity index (χ2n) is 9.00. The number of unbranched alkanes of at least 4 members (excludes halogenated alkanes) is 1. The minimum atomic E-state index is 0.172. The fraction of sp³-hybridized carbons (Fsp3) is 0.481. The molecule has 2 aliphatic heterocycles. The molecule has 4 rings (SSSR count). The van der Waals surface area contributed by atoms with Gasteiger partial charge in [-0.15, -0.1) is 0 Å². The van der Waals surface area contributed by atoms with Gasteiger partial charge in [-0.2, -0.15) is 0 Å². The molecule has 0 saturated carbocycles. The summed E-state index contributed by atoms with van der Waals surface area (Å²) in [5.41, 5.74) is 6.24. The molecule has 1 fully saturated rings. The van der Waals surface area contributed by atoms with Crippen LogP contribution in [0, 0.1) is 9.49 Å². The molecule has 1 amide bonds. The van der Waals surface area contributed by atoms with Crippen LogP contribution in [0.15, 0.2) is 47.5 Å². The number of halogens is 1. The number of hydrogen-bond acceptors (Lipinski definition) is 3. The Kier molecular flexibility index (Phi) is 8.36. The van der Waals surface area contributed by atoms with Crippen LogP contribution in [-0.4, -0.2) is 42.7 Å². The Balaban J connectivity index is 1.32. The van der Waals surface area contributed by atoms with Crippen LogP contribution in [0.4, 0.5) is 5.69 Å². The molecule has 2 aliphatic rings. The minimum Gasteiger partial charge on any atom is -0.342 e. The Morgan fingerprint density at radius 3 is 2.84 bits per heavy atom. The lowest BCUT2D eigenvalue weighted by Crippen LogP contribution is -2.43. The van der Waals surface area contributed by atoms with Crippen molar-refractivity contribution >= 4 is 39.9 Å². The van der Waals surface area contributed by atoms with Gasteiger partial charge in [0.15, 0.2) is 0 Å². The van der Waals surface area contributed by atoms with Crippen molar-refractivity contribution in [3.8, 4) is 0 Å². The Morgan fingerprint density at radius 1 is 1.19 bits per heavy atom. The topological polar surface area (TPSA) is 44.7 Å². The number of aliphatic imine (C=N–C) groups is 1. The number of carbonyl (C=O) groups is 1. The fourth-order valence-electron chi connectivity index (χ4n) is 4.79. The van der Waals surface area contributed by atoms with Crippen LogP contribution >= 0.6 is 22.6 Å². The van der Waals surface area contributed by atoms with Crippen LogP contribution < -0.4 is 5.32 Å². The summed E-state index contributed by atoms with van der Waals surface area (Å²) in [5, 5.41) is 3.38. The number of fused-ring (bicyclic) bond motifs is 1. The first kappa shape index (κ1) is 23.4. The Labute approximate surface area is 206 Å². The zero-order valence-corrected chi connectivity index (χ0v) is 21.2. The summed E-state index contributed by atoms with van der Waals surface area (Å²) in [7, 11) is 0. The molecular weight excluding hydrogens is 509 g/mol. The number of aryl methyl sites for hydroxylation is 1. The molecule has 4 nitrogen and oxygen atoms in total. The van der Waals surface area contributed by atoms with Gasteiger partial charge in [0, 0.05) is 35.2 Å². The third-order valence-electron chi connectivity index (χ3n) is 6.54. The highest BCUT2D eigenvalue weighted by molar-refractivity contribution is 14.1. The lowest BCUT2D eigenvalue weighted by atomic mass is 9.97. The van der Waals surface area contributed by atoms with E-state index in [1.54, 1.807) is 0 Å². The predicted octanol–water partition coefficient (Wildman–Crippen LogP) is 5.53. The number of para-hydroxylation sites is 1. The first-order valence-electron chi connectivity index (χ1n) is 12.1. The van der Waals surface area contributed by atoms with Crippen LogP contribution in [-0.2, 0) is 17.6 Å². The summed E-state index contributed by atoms with van der Waals surface area (Å²) in [6.45, 7) is 5.81. The molecule has 0 bridgehead atoms. The van der Waals surface area contributed by atoms with Gasteiger partial charge in [-0.1, -0.05) is 31.2 Å². The van der Waals surface area contributed by atoms with E-state index in [1.165, 1.54) is 26.0 Å². The maximum atomic E-state index is 12.9. The van der Waals surface area contributed by atoms with Crippen molar-refractivity contribution < 1.29 is 4.79 Å². The highest BCUT2D eigenvalue weighted by atomic mass is 127. The van der Waals surface area contributed by atoms with Crippen LogP contribution in [0.5, 0.6) is 0 Å². The number of carbonyl (C=O) groups excluding carboxylic acids is 1. The largest absolute Gasteiger partial charge is 0.342 e. The van der Waals surface area contributed by atoms with Gasteiger partial charge in [0.05, 0.1) is 17.3 Å². The van der Waals surface area contributed by atoms with E-state index in [2.05, 4.69) is 82.2 Å². The molecule has 1 atom stereocenters. The van der Waals surface area contributed by atoms with Gasteiger partial charge in [-0.25, -0.2) is 0 Å². The highest BCUT2D eigenvalue weighted by Gasteiger charge is 2.25. The molecule has 170 valence electrons. The van der Waals surface area contributed by atoms with Crippen molar-refractivity contribution in [3.63, 3.8) is 0 Å². The van der Waals surface area contributed by atoms with Gasteiger partial charge in [0.2, 0.25) is 5.91 Å². The van der Waals surface area contributed by atoms with E-state index in [1.807, 2.05) is 0 Å². The average Bonchev–Trinajstić information content (AvgIpc) is 3.26. The van der Waals surface area contributed by atoms with Crippen molar-refractivity contribution in [2.45, 2.75) is 51.9 Å². The molecule has 0 radical (unpaired) electrons. The van der Waals surface area contributed by atoms with E-state index in [4.69, 9.17) is 4.99 Å². The number of piperidine rings is 1. The summed E-state index contributed by atoms with van der Waals surface area (Å²) in [5.74, 6) is 0.528. The summed E-state index contributed by atoms with van der Waals surface area (Å²) in [4.78, 5) is 19.9. The predicted molar refractivity (Wildman–Crippen MR) is 141 cm³/mol. The summed E-state index contributed by atoms with van der Waals surface area (Å²) < 4.78 is 1.26. The lowest BCUT2D eigenvalue weighted by Gasteiger charge is -2.29. The SMILES string of the molecule is CCCN(CCCCc1ccc(I)c(C2=Nc3ccccc3C2)c1)C(=O)[C@@H]1CCCNC1. The van der Waals surface area contributed by atoms with E-state index in [0.717, 1.165) is 76.8 Å². The molecular formula is C27H34IN3O. The maximum Gasteiger partial charge on any atom is 0.226 e. The second-order valence-corrected chi connectivity index (χ2v) is 10.2. The van der Waals surface area contributed by atoms with Gasteiger partial charge in [-0.3, -0.25) is 9.79 Å². The number of benzene rings is 2. The van der Waals surface area contributed by atoms with Crippen LogP contribution in [0.25, 0.3) is 0 Å². The molecule has 5 heteroatoms. The molecule has 0 spiro atoms. The van der Waals surface area contributed by atoms with Crippen molar-refractivity contribution in [2.24, 2.45) is 10.9 Å². The molecule has 0 unspecified atom stereocenters. The molecule has 2 heterocycles. The normalized spacial score (nSPS) is 17.7. The van der Waals surface area contributed by atoms with Crippen LogP contribution in [0.2, 0.25) is 0 Å². The van der Waals surface area contributed by atoms with Gasteiger partial charge >= 0.3 is 0 Å². The van der Waals surface area contributed by atoms with E-state index >= 15 is 0 Å². The number of rotatable bonds is 9. The first-order valence-corrected chi connectivity index (χ1v) is 13.2. The van der Waals surface area contributed by atoms with Crippen molar-refractivity contribution in [1.82, 2.24) is 10.2 Å². The number of hydrogen-bond donors (Lipinski definition) is 1. The van der Waals surface area contributed by atoms with Gasteiger partial charge in [0.25, 0.3) is 0 Å². The van der Waals surface area contributed by atoms with E-state index in [-0.39, 0.29) is 5.92 Å². The lowest BCUT2D eigenvalue weighted by molar-refractivity contribution is -0.136. The van der Waals surface area contributed by atoms with E-state index in [0.29, 0.717) is 5.91 Å². The molecule has 0 aliphatic carbocycles. The fourth-order valence-corrected chi connectivity index (χ4v) is 5.44. The molecule has 2 aromatic rings. The summed E-state index contributed by atoms with van der Waals surface area (Å²) in [6.07, 6.45) is 7.29. The third kappa shape index (κ3) is 5.79. The average molecular weight is 543 g/mol. The Morgan fingerprint density at radius 2 is 2.06 bits per heavy atom. The molecule has 0 aromatic heterocycles. The van der Waals surface area contributed by atoms with Crippen molar-refractivity contribution in [2.75, 3.05) is 26.2 Å². The Bertz CT molecular complexity index is 965. The molecule has 1 N–H and O–H groups in total. The summed E-state index contributed by atoms with van der Waals surface area (Å²) in [6, 6.07) is 15.2. The quantitative estimate of drug-likeness (QED) is 0.334. The van der Waals surface area contributed by atoms with Gasteiger partial charge < -0.3 is 10.2 Å². The first-order chi connectivity index (χ1) is 15.7.